The third kappa shape index (κ3) is 7.47. The maximum atomic E-state index is 12.1. The number of nitrogens with one attached hydrogen (secondary N) is 1. The van der Waals surface area contributed by atoms with Crippen LogP contribution in [0.2, 0.25) is 0 Å². The molecule has 8 nitrogen and oxygen atoms in total. The highest BCUT2D eigenvalue weighted by atomic mass is 16.6. The highest BCUT2D eigenvalue weighted by Crippen LogP contribution is 2.19. The van der Waals surface area contributed by atoms with E-state index >= 15 is 0 Å². The van der Waals surface area contributed by atoms with Crippen molar-refractivity contribution in [2.75, 3.05) is 0 Å². The maximum Gasteiger partial charge on any atom is 0.408 e. The first-order valence-corrected chi connectivity index (χ1v) is 8.72. The highest BCUT2D eigenvalue weighted by Gasteiger charge is 2.25. The molecule has 0 saturated carbocycles. The quantitative estimate of drug-likeness (QED) is 0.739. The number of aryl methyl sites for hydroxylation is 1. The minimum Gasteiger partial charge on any atom is -0.461 e. The molecular weight excluding hydrogens is 350 g/mol. The van der Waals surface area contributed by atoms with Crippen molar-refractivity contribution in [3.8, 4) is 0 Å². The molecule has 0 bridgehead atoms. The van der Waals surface area contributed by atoms with Crippen LogP contribution in [0.5, 0.6) is 0 Å². The molecular formula is C19H25N3O5. The Morgan fingerprint density at radius 2 is 1.89 bits per heavy atom. The fourth-order valence-corrected chi connectivity index (χ4v) is 2.23. The van der Waals surface area contributed by atoms with Crippen LogP contribution in [-0.2, 0) is 20.9 Å². The summed E-state index contributed by atoms with van der Waals surface area (Å²) in [6.07, 6.45) is -0.301. The number of aromatic nitrogens is 2. The van der Waals surface area contributed by atoms with Crippen LogP contribution >= 0.6 is 0 Å². The van der Waals surface area contributed by atoms with Crippen molar-refractivity contribution in [3.63, 3.8) is 0 Å². The van der Waals surface area contributed by atoms with Crippen LogP contribution in [0.15, 0.2) is 34.7 Å². The molecule has 0 aliphatic rings. The first-order valence-electron chi connectivity index (χ1n) is 8.72. The number of nitrogens with zero attached hydrogens (tertiary/aromatic N) is 2. The standard InChI is InChI=1S/C19H25N3O5/c1-13-21-22-17(26-13)15(20-18(24)27-19(2,3)4)10-11-16(23)25-12-14-8-6-5-7-9-14/h5-9,15H,10-12H2,1-4H3,(H,20,24)/t15-/m0/s1. The van der Waals surface area contributed by atoms with Gasteiger partial charge in [-0.2, -0.15) is 0 Å². The summed E-state index contributed by atoms with van der Waals surface area (Å²) in [5.74, 6) is 0.202. The van der Waals surface area contributed by atoms with Gasteiger partial charge in [-0.05, 0) is 32.8 Å². The number of alkyl carbamates (subject to hydrolysis) is 1. The molecule has 146 valence electrons. The Balaban J connectivity index is 1.91. The predicted octanol–water partition coefficient (Wildman–Crippen LogP) is 3.47. The molecule has 0 unspecified atom stereocenters. The van der Waals surface area contributed by atoms with Gasteiger partial charge in [0, 0.05) is 13.3 Å². The number of ether oxygens (including phenoxy) is 2. The third-order valence-corrected chi connectivity index (χ3v) is 3.41. The van der Waals surface area contributed by atoms with Gasteiger partial charge in [0.2, 0.25) is 11.8 Å². The summed E-state index contributed by atoms with van der Waals surface area (Å²) in [5, 5.41) is 10.4. The molecule has 1 N–H and O–H groups in total. The molecule has 0 fully saturated rings. The molecule has 0 aliphatic carbocycles. The summed E-state index contributed by atoms with van der Waals surface area (Å²) < 4.78 is 15.9. The Morgan fingerprint density at radius 1 is 1.19 bits per heavy atom. The van der Waals surface area contributed by atoms with E-state index in [1.54, 1.807) is 27.7 Å². The number of rotatable bonds is 7. The molecule has 0 aliphatic heterocycles. The molecule has 1 aromatic heterocycles. The van der Waals surface area contributed by atoms with Crippen LogP contribution in [-0.4, -0.2) is 27.9 Å². The van der Waals surface area contributed by atoms with E-state index in [1.165, 1.54) is 0 Å². The smallest absolute Gasteiger partial charge is 0.408 e. The lowest BCUT2D eigenvalue weighted by molar-refractivity contribution is -0.145. The Labute approximate surface area is 158 Å². The number of hydrogen-bond acceptors (Lipinski definition) is 7. The van der Waals surface area contributed by atoms with E-state index in [0.29, 0.717) is 5.89 Å². The van der Waals surface area contributed by atoms with Crippen molar-refractivity contribution >= 4 is 12.1 Å². The maximum absolute atomic E-state index is 12.1. The summed E-state index contributed by atoms with van der Waals surface area (Å²) in [6.45, 7) is 7.14. The number of carbonyl (C=O) groups excluding carboxylic acids is 2. The van der Waals surface area contributed by atoms with Gasteiger partial charge in [-0.25, -0.2) is 4.79 Å². The summed E-state index contributed by atoms with van der Waals surface area (Å²) >= 11 is 0. The van der Waals surface area contributed by atoms with Crippen molar-refractivity contribution in [2.45, 2.75) is 58.8 Å². The molecule has 1 heterocycles. The zero-order valence-corrected chi connectivity index (χ0v) is 16.0. The van der Waals surface area contributed by atoms with Gasteiger partial charge in [-0.3, -0.25) is 4.79 Å². The highest BCUT2D eigenvalue weighted by molar-refractivity contribution is 5.70. The van der Waals surface area contributed by atoms with E-state index in [9.17, 15) is 9.59 Å². The van der Waals surface area contributed by atoms with Crippen LogP contribution in [0.4, 0.5) is 4.79 Å². The summed E-state index contributed by atoms with van der Waals surface area (Å²) in [6, 6.07) is 8.75. The van der Waals surface area contributed by atoms with Crippen molar-refractivity contribution in [1.29, 1.82) is 0 Å². The van der Waals surface area contributed by atoms with Gasteiger partial charge in [-0.15, -0.1) is 10.2 Å². The van der Waals surface area contributed by atoms with E-state index in [4.69, 9.17) is 13.9 Å². The van der Waals surface area contributed by atoms with Crippen LogP contribution in [0, 0.1) is 6.92 Å². The summed E-state index contributed by atoms with van der Waals surface area (Å²) in [5.41, 5.74) is 0.260. The van der Waals surface area contributed by atoms with E-state index in [2.05, 4.69) is 15.5 Å². The number of benzene rings is 1. The van der Waals surface area contributed by atoms with Gasteiger partial charge < -0.3 is 19.2 Å². The molecule has 8 heteroatoms. The number of hydrogen-bond donors (Lipinski definition) is 1. The van der Waals surface area contributed by atoms with Crippen molar-refractivity contribution in [3.05, 3.63) is 47.7 Å². The number of amides is 1. The second-order valence-corrected chi connectivity index (χ2v) is 7.04. The molecule has 2 rings (SSSR count). The van der Waals surface area contributed by atoms with Gasteiger partial charge >= 0.3 is 12.1 Å². The molecule has 2 aromatic rings. The lowest BCUT2D eigenvalue weighted by Gasteiger charge is -2.22. The lowest BCUT2D eigenvalue weighted by Crippen LogP contribution is -2.35. The molecule has 1 atom stereocenters. The molecule has 1 amide bonds. The normalized spacial score (nSPS) is 12.3. The monoisotopic (exact) mass is 375 g/mol. The van der Waals surface area contributed by atoms with E-state index < -0.39 is 17.7 Å². The molecule has 27 heavy (non-hydrogen) atoms. The van der Waals surface area contributed by atoms with Crippen LogP contribution < -0.4 is 5.32 Å². The van der Waals surface area contributed by atoms with Crippen LogP contribution in [0.25, 0.3) is 0 Å². The van der Waals surface area contributed by atoms with Gasteiger partial charge in [-0.1, -0.05) is 30.3 Å². The Kier molecular flexibility index (Phi) is 6.92. The van der Waals surface area contributed by atoms with Gasteiger partial charge in [0.15, 0.2) is 0 Å². The van der Waals surface area contributed by atoms with Crippen LogP contribution in [0.3, 0.4) is 0 Å². The van der Waals surface area contributed by atoms with E-state index in [-0.39, 0.29) is 31.3 Å². The van der Waals surface area contributed by atoms with E-state index in [1.807, 2.05) is 30.3 Å². The zero-order valence-electron chi connectivity index (χ0n) is 16.0. The average Bonchev–Trinajstić information content (AvgIpc) is 3.02. The van der Waals surface area contributed by atoms with E-state index in [0.717, 1.165) is 5.56 Å². The van der Waals surface area contributed by atoms with Crippen molar-refractivity contribution < 1.29 is 23.5 Å². The average molecular weight is 375 g/mol. The summed E-state index contributed by atoms with van der Waals surface area (Å²) in [7, 11) is 0. The second kappa shape index (κ2) is 9.16. The second-order valence-electron chi connectivity index (χ2n) is 7.04. The van der Waals surface area contributed by atoms with Gasteiger partial charge in [0.05, 0.1) is 0 Å². The number of carbonyl (C=O) groups is 2. The first kappa shape index (κ1) is 20.4. The Bertz CT molecular complexity index is 752. The van der Waals surface area contributed by atoms with Gasteiger partial charge in [0.1, 0.15) is 18.2 Å². The minimum atomic E-state index is -0.648. The predicted molar refractivity (Wildman–Crippen MR) is 96.6 cm³/mol. The van der Waals surface area contributed by atoms with Crippen molar-refractivity contribution in [2.24, 2.45) is 0 Å². The summed E-state index contributed by atoms with van der Waals surface area (Å²) in [4.78, 5) is 24.1. The molecule has 0 spiro atoms. The third-order valence-electron chi connectivity index (χ3n) is 3.41. The molecule has 0 radical (unpaired) electrons. The lowest BCUT2D eigenvalue weighted by atomic mass is 10.1. The van der Waals surface area contributed by atoms with Crippen molar-refractivity contribution in [1.82, 2.24) is 15.5 Å². The SMILES string of the molecule is Cc1nnc([C@H](CCC(=O)OCc2ccccc2)NC(=O)OC(C)(C)C)o1. The Hall–Kier alpha value is -2.90. The fourth-order valence-electron chi connectivity index (χ4n) is 2.23. The Morgan fingerprint density at radius 3 is 2.48 bits per heavy atom. The molecule has 1 aromatic carbocycles. The zero-order chi connectivity index (χ0) is 19.9. The minimum absolute atomic E-state index is 0.0781. The largest absolute Gasteiger partial charge is 0.461 e. The van der Waals surface area contributed by atoms with Gasteiger partial charge in [0.25, 0.3) is 0 Å². The first-order chi connectivity index (χ1) is 12.7. The van der Waals surface area contributed by atoms with Crippen LogP contribution in [0.1, 0.15) is 57.0 Å². The topological polar surface area (TPSA) is 104 Å². The number of esters is 1. The fraction of sp³-hybridized carbons (Fsp3) is 0.474. The molecule has 0 saturated heterocycles.